The summed E-state index contributed by atoms with van der Waals surface area (Å²) in [7, 11) is 5.46. The van der Waals surface area contributed by atoms with Crippen LogP contribution in [0.2, 0.25) is 0 Å². The Morgan fingerprint density at radius 3 is 2.11 bits per heavy atom. The van der Waals surface area contributed by atoms with Crippen LogP contribution in [0.15, 0.2) is 66.7 Å². The van der Waals surface area contributed by atoms with Crippen molar-refractivity contribution in [2.24, 2.45) is 0 Å². The Morgan fingerprint density at radius 1 is 0.929 bits per heavy atom. The van der Waals surface area contributed by atoms with Crippen LogP contribution in [-0.2, 0) is 11.3 Å². The molecule has 2 aromatic carbocycles. The smallest absolute Gasteiger partial charge is 0.356 e. The van der Waals surface area contributed by atoms with Gasteiger partial charge in [-0.25, -0.2) is 9.78 Å². The molecule has 1 heterocycles. The van der Waals surface area contributed by atoms with Crippen LogP contribution < -0.4 is 0 Å². The zero-order valence-electron chi connectivity index (χ0n) is 16.3. The van der Waals surface area contributed by atoms with Gasteiger partial charge in [0.15, 0.2) is 0 Å². The number of methoxy groups -OCH3 is 1. The standard InChI is InChI=1S/C24H22N2O2/c1-26(2)17-20-11-9-18(10-12-20)7-8-19-13-15-21(16-14-19)22-5-4-6-23(25-22)24(27)28-3/h4-6,9-16H,17H2,1-3H3. The lowest BCUT2D eigenvalue weighted by atomic mass is 10.1. The Balaban J connectivity index is 1.74. The van der Waals surface area contributed by atoms with E-state index >= 15 is 0 Å². The summed E-state index contributed by atoms with van der Waals surface area (Å²) in [5.41, 5.74) is 5.11. The molecule has 0 spiro atoms. The van der Waals surface area contributed by atoms with Crippen LogP contribution in [0.1, 0.15) is 27.2 Å². The maximum atomic E-state index is 11.6. The summed E-state index contributed by atoms with van der Waals surface area (Å²) in [4.78, 5) is 18.1. The van der Waals surface area contributed by atoms with Crippen molar-refractivity contribution >= 4 is 5.97 Å². The average molecular weight is 370 g/mol. The topological polar surface area (TPSA) is 42.4 Å². The first-order valence-corrected chi connectivity index (χ1v) is 8.96. The third-order valence-electron chi connectivity index (χ3n) is 4.13. The Morgan fingerprint density at radius 2 is 1.54 bits per heavy atom. The second-order valence-corrected chi connectivity index (χ2v) is 6.66. The molecule has 0 aliphatic heterocycles. The Hall–Kier alpha value is -3.42. The van der Waals surface area contributed by atoms with Gasteiger partial charge in [0.2, 0.25) is 0 Å². The Labute approximate surface area is 165 Å². The molecule has 0 unspecified atom stereocenters. The van der Waals surface area contributed by atoms with E-state index in [9.17, 15) is 4.79 Å². The van der Waals surface area contributed by atoms with Gasteiger partial charge >= 0.3 is 5.97 Å². The highest BCUT2D eigenvalue weighted by molar-refractivity contribution is 5.87. The number of aromatic nitrogens is 1. The van der Waals surface area contributed by atoms with Crippen LogP contribution in [0.5, 0.6) is 0 Å². The fourth-order valence-electron chi connectivity index (χ4n) is 2.74. The zero-order valence-corrected chi connectivity index (χ0v) is 16.3. The summed E-state index contributed by atoms with van der Waals surface area (Å²) in [6, 6.07) is 21.4. The van der Waals surface area contributed by atoms with Gasteiger partial charge in [-0.1, -0.05) is 42.2 Å². The predicted molar refractivity (Wildman–Crippen MR) is 111 cm³/mol. The fraction of sp³-hybridized carbons (Fsp3) is 0.167. The van der Waals surface area contributed by atoms with Gasteiger partial charge in [-0.15, -0.1) is 0 Å². The summed E-state index contributed by atoms with van der Waals surface area (Å²) in [6.45, 7) is 0.917. The van der Waals surface area contributed by atoms with Gasteiger partial charge in [-0.3, -0.25) is 0 Å². The number of nitrogens with zero attached hydrogens (tertiary/aromatic N) is 2. The summed E-state index contributed by atoms with van der Waals surface area (Å²) >= 11 is 0. The van der Waals surface area contributed by atoms with E-state index in [1.807, 2.05) is 42.5 Å². The molecule has 0 N–H and O–H groups in total. The number of benzene rings is 2. The molecule has 0 bridgehead atoms. The van der Waals surface area contributed by atoms with Crippen LogP contribution in [0.3, 0.4) is 0 Å². The molecule has 140 valence electrons. The lowest BCUT2D eigenvalue weighted by molar-refractivity contribution is 0.0594. The van der Waals surface area contributed by atoms with Gasteiger partial charge in [0.1, 0.15) is 5.69 Å². The van der Waals surface area contributed by atoms with Crippen molar-refractivity contribution in [3.8, 4) is 23.1 Å². The van der Waals surface area contributed by atoms with Crippen LogP contribution >= 0.6 is 0 Å². The monoisotopic (exact) mass is 370 g/mol. The fourth-order valence-corrected chi connectivity index (χ4v) is 2.74. The van der Waals surface area contributed by atoms with E-state index in [1.165, 1.54) is 12.7 Å². The van der Waals surface area contributed by atoms with Gasteiger partial charge < -0.3 is 9.64 Å². The lowest BCUT2D eigenvalue weighted by Gasteiger charge is -2.08. The number of ether oxygens (including phenoxy) is 1. The Kier molecular flexibility index (Phi) is 6.21. The molecule has 28 heavy (non-hydrogen) atoms. The van der Waals surface area contributed by atoms with E-state index in [-0.39, 0.29) is 0 Å². The minimum atomic E-state index is -0.444. The minimum absolute atomic E-state index is 0.293. The highest BCUT2D eigenvalue weighted by Crippen LogP contribution is 2.18. The van der Waals surface area contributed by atoms with E-state index in [1.54, 1.807) is 12.1 Å². The van der Waals surface area contributed by atoms with Crippen molar-refractivity contribution in [3.05, 3.63) is 89.1 Å². The van der Waals surface area contributed by atoms with Gasteiger partial charge in [-0.2, -0.15) is 0 Å². The quantitative estimate of drug-likeness (QED) is 0.514. The van der Waals surface area contributed by atoms with E-state index < -0.39 is 5.97 Å². The summed E-state index contributed by atoms with van der Waals surface area (Å²) < 4.78 is 4.72. The van der Waals surface area contributed by atoms with Gasteiger partial charge in [0.25, 0.3) is 0 Å². The molecule has 0 aliphatic rings. The van der Waals surface area contributed by atoms with Crippen molar-refractivity contribution < 1.29 is 9.53 Å². The largest absolute Gasteiger partial charge is 0.464 e. The third-order valence-corrected chi connectivity index (χ3v) is 4.13. The van der Waals surface area contributed by atoms with Crippen molar-refractivity contribution in [2.45, 2.75) is 6.54 Å². The first-order chi connectivity index (χ1) is 13.5. The van der Waals surface area contributed by atoms with Crippen LogP contribution in [0.4, 0.5) is 0 Å². The maximum Gasteiger partial charge on any atom is 0.356 e. The van der Waals surface area contributed by atoms with Crippen molar-refractivity contribution in [3.63, 3.8) is 0 Å². The van der Waals surface area contributed by atoms with E-state index in [4.69, 9.17) is 4.74 Å². The second-order valence-electron chi connectivity index (χ2n) is 6.66. The molecule has 1 aromatic heterocycles. The number of hydrogen-bond acceptors (Lipinski definition) is 4. The van der Waals surface area contributed by atoms with Gasteiger partial charge in [0, 0.05) is 23.2 Å². The molecule has 0 atom stereocenters. The zero-order chi connectivity index (χ0) is 19.9. The Bertz CT molecular complexity index is 1010. The molecular formula is C24H22N2O2. The van der Waals surface area contributed by atoms with Crippen molar-refractivity contribution in [1.29, 1.82) is 0 Å². The molecule has 3 aromatic rings. The molecule has 0 fully saturated rings. The second kappa shape index (κ2) is 8.98. The van der Waals surface area contributed by atoms with Crippen LogP contribution in [-0.4, -0.2) is 37.1 Å². The molecular weight excluding hydrogens is 348 g/mol. The van der Waals surface area contributed by atoms with E-state index in [0.717, 1.165) is 28.9 Å². The average Bonchev–Trinajstić information content (AvgIpc) is 2.73. The number of hydrogen-bond donors (Lipinski definition) is 0. The van der Waals surface area contributed by atoms with Crippen LogP contribution in [0.25, 0.3) is 11.3 Å². The first kappa shape index (κ1) is 19.3. The number of carbonyl (C=O) groups is 1. The number of pyridine rings is 1. The molecule has 0 amide bonds. The highest BCUT2D eigenvalue weighted by atomic mass is 16.5. The summed E-state index contributed by atoms with van der Waals surface area (Å²) in [5, 5.41) is 0. The summed E-state index contributed by atoms with van der Waals surface area (Å²) in [6.07, 6.45) is 0. The maximum absolute atomic E-state index is 11.6. The molecule has 3 rings (SSSR count). The molecule has 0 saturated heterocycles. The molecule has 0 radical (unpaired) electrons. The summed E-state index contributed by atoms with van der Waals surface area (Å²) in [5.74, 6) is 5.93. The highest BCUT2D eigenvalue weighted by Gasteiger charge is 2.08. The third kappa shape index (κ3) is 5.06. The number of esters is 1. The van der Waals surface area contributed by atoms with Crippen LogP contribution in [0, 0.1) is 11.8 Å². The molecule has 0 saturated carbocycles. The van der Waals surface area contributed by atoms with Gasteiger partial charge in [-0.05, 0) is 56.1 Å². The number of carbonyl (C=O) groups excluding carboxylic acids is 1. The molecule has 0 aliphatic carbocycles. The first-order valence-electron chi connectivity index (χ1n) is 8.96. The SMILES string of the molecule is COC(=O)c1cccc(-c2ccc(C#Cc3ccc(CN(C)C)cc3)cc2)n1. The van der Waals surface area contributed by atoms with Gasteiger partial charge in [0.05, 0.1) is 12.8 Å². The van der Waals surface area contributed by atoms with Crippen molar-refractivity contribution in [1.82, 2.24) is 9.88 Å². The molecule has 4 nitrogen and oxygen atoms in total. The lowest BCUT2D eigenvalue weighted by Crippen LogP contribution is -2.10. The van der Waals surface area contributed by atoms with E-state index in [0.29, 0.717) is 5.69 Å². The predicted octanol–water partition coefficient (Wildman–Crippen LogP) is 4.00. The normalized spacial score (nSPS) is 10.3. The van der Waals surface area contributed by atoms with E-state index in [2.05, 4.69) is 48.0 Å². The molecule has 4 heteroatoms. The van der Waals surface area contributed by atoms with Crippen molar-refractivity contribution in [2.75, 3.05) is 21.2 Å². The number of rotatable bonds is 4. The minimum Gasteiger partial charge on any atom is -0.464 e.